The van der Waals surface area contributed by atoms with E-state index in [0.717, 1.165) is 32.4 Å². The molecule has 100 valence electrons. The second-order valence-electron chi connectivity index (χ2n) is 5.37. The molecule has 3 heteroatoms. The van der Waals surface area contributed by atoms with E-state index in [2.05, 4.69) is 18.7 Å². The van der Waals surface area contributed by atoms with Gasteiger partial charge in [-0.2, -0.15) is 0 Å². The van der Waals surface area contributed by atoms with Gasteiger partial charge in [-0.1, -0.05) is 13.8 Å². The summed E-state index contributed by atoms with van der Waals surface area (Å²) in [7, 11) is 0. The Labute approximate surface area is 106 Å². The molecule has 17 heavy (non-hydrogen) atoms. The summed E-state index contributed by atoms with van der Waals surface area (Å²) in [5.41, 5.74) is 5.53. The summed E-state index contributed by atoms with van der Waals surface area (Å²) < 4.78 is 0. The minimum Gasteiger partial charge on any atom is -0.340 e. The van der Waals surface area contributed by atoms with E-state index in [4.69, 9.17) is 5.73 Å². The Hall–Kier alpha value is -0.570. The predicted molar refractivity (Wildman–Crippen MR) is 71.7 cm³/mol. The molecule has 1 heterocycles. The standard InChI is InChI=1S/C14H28N2O/c1-3-13-6-4-5-11-16(13)14(17)8-7-12(2)9-10-15/h12-13H,3-11,15H2,1-2H3. The first kappa shape index (κ1) is 14.5. The number of nitrogens with zero attached hydrogens (tertiary/aromatic N) is 1. The molecule has 0 saturated carbocycles. The van der Waals surface area contributed by atoms with Gasteiger partial charge >= 0.3 is 0 Å². The van der Waals surface area contributed by atoms with Gasteiger partial charge in [-0.15, -0.1) is 0 Å². The summed E-state index contributed by atoms with van der Waals surface area (Å²) in [4.78, 5) is 14.3. The van der Waals surface area contributed by atoms with Gasteiger partial charge in [0.25, 0.3) is 0 Å². The van der Waals surface area contributed by atoms with Crippen LogP contribution >= 0.6 is 0 Å². The molecule has 0 aromatic heterocycles. The molecule has 0 radical (unpaired) electrons. The maximum absolute atomic E-state index is 12.2. The molecule has 2 atom stereocenters. The summed E-state index contributed by atoms with van der Waals surface area (Å²) in [6.45, 7) is 6.08. The van der Waals surface area contributed by atoms with Gasteiger partial charge in [0.05, 0.1) is 0 Å². The molecule has 0 aromatic rings. The average Bonchev–Trinajstić information content (AvgIpc) is 2.36. The number of hydrogen-bond acceptors (Lipinski definition) is 2. The third-order valence-electron chi connectivity index (χ3n) is 3.93. The van der Waals surface area contributed by atoms with Crippen molar-refractivity contribution >= 4 is 5.91 Å². The highest BCUT2D eigenvalue weighted by atomic mass is 16.2. The predicted octanol–water partition coefficient (Wildman–Crippen LogP) is 2.54. The maximum atomic E-state index is 12.2. The Morgan fingerprint density at radius 2 is 2.18 bits per heavy atom. The van der Waals surface area contributed by atoms with Crippen molar-refractivity contribution in [2.75, 3.05) is 13.1 Å². The second kappa shape index (κ2) is 7.70. The van der Waals surface area contributed by atoms with E-state index in [0.29, 0.717) is 24.3 Å². The highest BCUT2D eigenvalue weighted by molar-refractivity contribution is 5.76. The van der Waals surface area contributed by atoms with E-state index < -0.39 is 0 Å². The van der Waals surface area contributed by atoms with Crippen molar-refractivity contribution in [1.29, 1.82) is 0 Å². The van der Waals surface area contributed by atoms with Crippen LogP contribution in [0.15, 0.2) is 0 Å². The Kier molecular flexibility index (Phi) is 6.56. The fourth-order valence-corrected chi connectivity index (χ4v) is 2.70. The maximum Gasteiger partial charge on any atom is 0.222 e. The fourth-order valence-electron chi connectivity index (χ4n) is 2.70. The van der Waals surface area contributed by atoms with Crippen LogP contribution < -0.4 is 5.73 Å². The molecule has 1 amide bonds. The fraction of sp³-hybridized carbons (Fsp3) is 0.929. The van der Waals surface area contributed by atoms with Crippen molar-refractivity contribution in [2.24, 2.45) is 11.7 Å². The van der Waals surface area contributed by atoms with Crippen LogP contribution in [0.2, 0.25) is 0 Å². The third kappa shape index (κ3) is 4.66. The van der Waals surface area contributed by atoms with Crippen LogP contribution in [-0.2, 0) is 4.79 Å². The zero-order valence-electron chi connectivity index (χ0n) is 11.5. The Morgan fingerprint density at radius 1 is 1.41 bits per heavy atom. The number of piperidine rings is 1. The van der Waals surface area contributed by atoms with Gasteiger partial charge in [0.1, 0.15) is 0 Å². The quantitative estimate of drug-likeness (QED) is 0.775. The zero-order valence-corrected chi connectivity index (χ0v) is 11.5. The number of carbonyl (C=O) groups excluding carboxylic acids is 1. The lowest BCUT2D eigenvalue weighted by atomic mass is 9.97. The largest absolute Gasteiger partial charge is 0.340 e. The van der Waals surface area contributed by atoms with Crippen LogP contribution in [0.1, 0.15) is 58.8 Å². The molecule has 0 bridgehead atoms. The van der Waals surface area contributed by atoms with Crippen LogP contribution in [0.3, 0.4) is 0 Å². The highest BCUT2D eigenvalue weighted by Gasteiger charge is 2.24. The van der Waals surface area contributed by atoms with Gasteiger partial charge in [0.15, 0.2) is 0 Å². The first-order valence-electron chi connectivity index (χ1n) is 7.18. The zero-order chi connectivity index (χ0) is 12.7. The van der Waals surface area contributed by atoms with E-state index in [1.165, 1.54) is 19.3 Å². The lowest BCUT2D eigenvalue weighted by Gasteiger charge is -2.35. The Balaban J connectivity index is 2.34. The smallest absolute Gasteiger partial charge is 0.222 e. The molecular weight excluding hydrogens is 212 g/mol. The van der Waals surface area contributed by atoms with Crippen LogP contribution in [0.4, 0.5) is 0 Å². The van der Waals surface area contributed by atoms with Crippen LogP contribution in [0, 0.1) is 5.92 Å². The molecular formula is C14H28N2O. The molecule has 0 aromatic carbocycles. The molecule has 2 N–H and O–H groups in total. The summed E-state index contributed by atoms with van der Waals surface area (Å²) in [6, 6.07) is 0.501. The van der Waals surface area contributed by atoms with Gasteiger partial charge < -0.3 is 10.6 Å². The van der Waals surface area contributed by atoms with Gasteiger partial charge in [0.2, 0.25) is 5.91 Å². The topological polar surface area (TPSA) is 46.3 Å². The van der Waals surface area contributed by atoms with Crippen molar-refractivity contribution in [1.82, 2.24) is 4.90 Å². The second-order valence-corrected chi connectivity index (χ2v) is 5.37. The van der Waals surface area contributed by atoms with Gasteiger partial charge in [-0.05, 0) is 51.0 Å². The van der Waals surface area contributed by atoms with Crippen LogP contribution in [-0.4, -0.2) is 29.9 Å². The van der Waals surface area contributed by atoms with Gasteiger partial charge in [-0.3, -0.25) is 4.79 Å². The van der Waals surface area contributed by atoms with Crippen molar-refractivity contribution in [2.45, 2.75) is 64.8 Å². The monoisotopic (exact) mass is 240 g/mol. The lowest BCUT2D eigenvalue weighted by molar-refractivity contribution is -0.135. The summed E-state index contributed by atoms with van der Waals surface area (Å²) in [5, 5.41) is 0. The van der Waals surface area contributed by atoms with Crippen molar-refractivity contribution in [3.63, 3.8) is 0 Å². The third-order valence-corrected chi connectivity index (χ3v) is 3.93. The number of amides is 1. The number of carbonyl (C=O) groups is 1. The van der Waals surface area contributed by atoms with Crippen LogP contribution in [0.5, 0.6) is 0 Å². The Morgan fingerprint density at radius 3 is 2.82 bits per heavy atom. The van der Waals surface area contributed by atoms with Crippen molar-refractivity contribution in [3.05, 3.63) is 0 Å². The molecule has 1 fully saturated rings. The number of likely N-dealkylation sites (tertiary alicyclic amines) is 1. The minimum absolute atomic E-state index is 0.362. The average molecular weight is 240 g/mol. The summed E-state index contributed by atoms with van der Waals surface area (Å²) >= 11 is 0. The SMILES string of the molecule is CCC1CCCCN1C(=O)CCC(C)CCN. The molecule has 1 saturated heterocycles. The molecule has 1 rings (SSSR count). The van der Waals surface area contributed by atoms with E-state index in [9.17, 15) is 4.79 Å². The van der Waals surface area contributed by atoms with Gasteiger partial charge in [-0.25, -0.2) is 0 Å². The van der Waals surface area contributed by atoms with Crippen molar-refractivity contribution < 1.29 is 4.79 Å². The van der Waals surface area contributed by atoms with E-state index in [1.807, 2.05) is 0 Å². The molecule has 2 unspecified atom stereocenters. The molecule has 1 aliphatic heterocycles. The number of rotatable bonds is 6. The lowest BCUT2D eigenvalue weighted by Crippen LogP contribution is -2.43. The summed E-state index contributed by atoms with van der Waals surface area (Å²) in [6.07, 6.45) is 7.49. The molecule has 3 nitrogen and oxygen atoms in total. The number of hydrogen-bond donors (Lipinski definition) is 1. The van der Waals surface area contributed by atoms with E-state index in [1.54, 1.807) is 0 Å². The summed E-state index contributed by atoms with van der Waals surface area (Å²) in [5.74, 6) is 0.939. The first-order chi connectivity index (χ1) is 8.19. The van der Waals surface area contributed by atoms with E-state index >= 15 is 0 Å². The normalized spacial score (nSPS) is 22.5. The first-order valence-corrected chi connectivity index (χ1v) is 7.18. The van der Waals surface area contributed by atoms with Crippen molar-refractivity contribution in [3.8, 4) is 0 Å². The molecule has 0 aliphatic carbocycles. The van der Waals surface area contributed by atoms with E-state index in [-0.39, 0.29) is 0 Å². The minimum atomic E-state index is 0.362. The molecule has 0 spiro atoms. The Bertz CT molecular complexity index is 230. The molecule has 1 aliphatic rings. The van der Waals surface area contributed by atoms with Gasteiger partial charge in [0, 0.05) is 19.0 Å². The number of nitrogens with two attached hydrogens (primary N) is 1. The van der Waals surface area contributed by atoms with Crippen LogP contribution in [0.25, 0.3) is 0 Å². The highest BCUT2D eigenvalue weighted by Crippen LogP contribution is 2.21.